The molecular weight excluding hydrogens is 430 g/mol. The molecule has 174 valence electrons. The number of nitrogens with one attached hydrogen (secondary N) is 1. The number of rotatable bonds is 7. The Balaban J connectivity index is 1.13. The van der Waals surface area contributed by atoms with Gasteiger partial charge in [0.25, 0.3) is 10.9 Å². The van der Waals surface area contributed by atoms with E-state index in [2.05, 4.69) is 39.4 Å². The van der Waals surface area contributed by atoms with Crippen molar-refractivity contribution in [3.05, 3.63) is 74.7 Å². The van der Waals surface area contributed by atoms with Crippen molar-refractivity contribution in [1.82, 2.24) is 4.90 Å². The molecule has 0 unspecified atom stereocenters. The molecule has 2 fully saturated rings. The third kappa shape index (κ3) is 3.76. The number of nitrogens with zero attached hydrogens (tertiary/aromatic N) is 2. The third-order valence-electron chi connectivity index (χ3n) is 6.86. The van der Waals surface area contributed by atoms with Crippen molar-refractivity contribution in [2.75, 3.05) is 43.5 Å². The van der Waals surface area contributed by atoms with Gasteiger partial charge in [-0.15, -0.1) is 0 Å². The Morgan fingerprint density at radius 2 is 1.79 bits per heavy atom. The van der Waals surface area contributed by atoms with E-state index in [9.17, 15) is 9.59 Å². The Morgan fingerprint density at radius 3 is 2.56 bits per heavy atom. The lowest BCUT2D eigenvalue weighted by molar-refractivity contribution is 0.232. The van der Waals surface area contributed by atoms with Crippen LogP contribution < -0.4 is 25.8 Å². The van der Waals surface area contributed by atoms with E-state index < -0.39 is 0 Å². The first-order valence-corrected chi connectivity index (χ1v) is 11.8. The van der Waals surface area contributed by atoms with Crippen LogP contribution in [0.2, 0.25) is 0 Å². The van der Waals surface area contributed by atoms with Gasteiger partial charge in [0.2, 0.25) is 0 Å². The molecule has 6 rings (SSSR count). The highest BCUT2D eigenvalue weighted by Crippen LogP contribution is 2.33. The fourth-order valence-electron chi connectivity index (χ4n) is 4.82. The fraction of sp³-hybridized carbons (Fsp3) is 0.333. The van der Waals surface area contributed by atoms with Crippen LogP contribution in [-0.4, -0.2) is 44.2 Å². The van der Waals surface area contributed by atoms with Crippen LogP contribution in [0, 0.1) is 0 Å². The number of ether oxygens (including phenoxy) is 1. The second-order valence-electron chi connectivity index (χ2n) is 9.23. The smallest absolute Gasteiger partial charge is 0.253 e. The maximum atomic E-state index is 12.2. The average Bonchev–Trinajstić information content (AvgIpc) is 3.61. The van der Waals surface area contributed by atoms with Crippen LogP contribution in [-0.2, 0) is 6.54 Å². The highest BCUT2D eigenvalue weighted by molar-refractivity contribution is 5.85. The Bertz CT molecular complexity index is 1420. The van der Waals surface area contributed by atoms with Crippen LogP contribution in [0.1, 0.15) is 18.6 Å². The zero-order valence-electron chi connectivity index (χ0n) is 19.2. The molecular formula is C27H27N3O4. The minimum absolute atomic E-state index is 0.347. The summed E-state index contributed by atoms with van der Waals surface area (Å²) in [5.41, 5.74) is 3.42. The van der Waals surface area contributed by atoms with Gasteiger partial charge in [0.1, 0.15) is 28.5 Å². The van der Waals surface area contributed by atoms with Crippen LogP contribution in [0.15, 0.2) is 62.5 Å². The van der Waals surface area contributed by atoms with E-state index in [0.29, 0.717) is 24.0 Å². The lowest BCUT2D eigenvalue weighted by atomic mass is 10.0. The molecule has 0 atom stereocenters. The van der Waals surface area contributed by atoms with Gasteiger partial charge in [-0.05, 0) is 42.7 Å². The third-order valence-corrected chi connectivity index (χ3v) is 6.86. The van der Waals surface area contributed by atoms with Gasteiger partial charge in [0.15, 0.2) is 0 Å². The van der Waals surface area contributed by atoms with Gasteiger partial charge < -0.3 is 19.4 Å². The zero-order chi connectivity index (χ0) is 23.2. The number of hydrogen-bond acceptors (Lipinski definition) is 7. The van der Waals surface area contributed by atoms with Crippen molar-refractivity contribution in [1.29, 1.82) is 0 Å². The zero-order valence-corrected chi connectivity index (χ0v) is 19.2. The van der Waals surface area contributed by atoms with E-state index in [0.717, 1.165) is 72.6 Å². The molecule has 1 saturated carbocycles. The number of benzene rings is 2. The molecule has 1 N–H and O–H groups in total. The Labute approximate surface area is 197 Å². The van der Waals surface area contributed by atoms with Gasteiger partial charge in [0, 0.05) is 43.2 Å². The monoisotopic (exact) mass is 457 g/mol. The van der Waals surface area contributed by atoms with E-state index in [-0.39, 0.29) is 10.9 Å². The van der Waals surface area contributed by atoms with Gasteiger partial charge in [-0.1, -0.05) is 24.3 Å². The second kappa shape index (κ2) is 8.33. The van der Waals surface area contributed by atoms with Crippen molar-refractivity contribution in [2.24, 2.45) is 0 Å². The predicted molar refractivity (Wildman–Crippen MR) is 134 cm³/mol. The SMILES string of the molecule is COc1ccccc1-c1ccc2oc(CN3CCN(c4c(NC5CC5)c(=O)c4=O)CC3)cc2c1. The van der Waals surface area contributed by atoms with Crippen LogP contribution in [0.25, 0.3) is 22.1 Å². The van der Waals surface area contributed by atoms with Crippen LogP contribution in [0.5, 0.6) is 5.75 Å². The minimum atomic E-state index is -0.362. The summed E-state index contributed by atoms with van der Waals surface area (Å²) in [6, 6.07) is 16.7. The van der Waals surface area contributed by atoms with Gasteiger partial charge in [-0.3, -0.25) is 14.5 Å². The van der Waals surface area contributed by atoms with Gasteiger partial charge in [-0.2, -0.15) is 0 Å². The molecule has 0 spiro atoms. The van der Waals surface area contributed by atoms with Crippen molar-refractivity contribution in [2.45, 2.75) is 25.4 Å². The molecule has 1 aromatic heterocycles. The highest BCUT2D eigenvalue weighted by Gasteiger charge is 2.32. The molecule has 0 amide bonds. The van der Waals surface area contributed by atoms with Crippen LogP contribution in [0.4, 0.5) is 11.4 Å². The molecule has 34 heavy (non-hydrogen) atoms. The quantitative estimate of drug-likeness (QED) is 0.425. The normalized spacial score (nSPS) is 16.9. The largest absolute Gasteiger partial charge is 0.496 e. The Morgan fingerprint density at radius 1 is 1.00 bits per heavy atom. The molecule has 3 aromatic carbocycles. The van der Waals surface area contributed by atoms with E-state index in [4.69, 9.17) is 9.15 Å². The molecule has 2 aliphatic rings. The van der Waals surface area contributed by atoms with Crippen molar-refractivity contribution in [3.8, 4) is 16.9 Å². The summed E-state index contributed by atoms with van der Waals surface area (Å²) in [6.45, 7) is 3.78. The number of hydrogen-bond donors (Lipinski definition) is 1. The summed E-state index contributed by atoms with van der Waals surface area (Å²) in [5.74, 6) is 1.77. The summed E-state index contributed by atoms with van der Waals surface area (Å²) in [4.78, 5) is 28.6. The van der Waals surface area contributed by atoms with Gasteiger partial charge in [0.05, 0.1) is 13.7 Å². The molecule has 0 bridgehead atoms. The summed E-state index contributed by atoms with van der Waals surface area (Å²) in [5, 5.41) is 4.30. The number of anilines is 2. The molecule has 0 radical (unpaired) electrons. The molecule has 2 heterocycles. The van der Waals surface area contributed by atoms with E-state index in [1.807, 2.05) is 24.3 Å². The molecule has 4 aromatic rings. The Kier molecular flexibility index (Phi) is 5.14. The van der Waals surface area contributed by atoms with Crippen molar-refractivity contribution >= 4 is 22.3 Å². The molecule has 1 saturated heterocycles. The maximum absolute atomic E-state index is 12.2. The van der Waals surface area contributed by atoms with Crippen molar-refractivity contribution < 1.29 is 9.15 Å². The number of para-hydroxylation sites is 1. The molecule has 1 aliphatic heterocycles. The topological polar surface area (TPSA) is 75.0 Å². The van der Waals surface area contributed by atoms with Crippen molar-refractivity contribution in [3.63, 3.8) is 0 Å². The van der Waals surface area contributed by atoms with E-state index >= 15 is 0 Å². The van der Waals surface area contributed by atoms with Gasteiger partial charge >= 0.3 is 0 Å². The first-order chi connectivity index (χ1) is 16.6. The number of furan rings is 1. The summed E-state index contributed by atoms with van der Waals surface area (Å²) < 4.78 is 11.6. The minimum Gasteiger partial charge on any atom is -0.496 e. The van der Waals surface area contributed by atoms with Crippen LogP contribution >= 0.6 is 0 Å². The summed E-state index contributed by atoms with van der Waals surface area (Å²) >= 11 is 0. The number of piperazine rings is 1. The molecule has 1 aliphatic carbocycles. The molecule has 7 heteroatoms. The fourth-order valence-corrected chi connectivity index (χ4v) is 4.82. The number of fused-ring (bicyclic) bond motifs is 1. The standard InChI is InChI=1S/C27H27N3O4/c1-33-23-5-3-2-4-21(23)17-6-9-22-18(14-17)15-20(34-22)16-29-10-12-30(13-11-29)25-24(26(31)27(25)32)28-19-7-8-19/h2-6,9,14-15,19,28H,7-8,10-13,16H2,1H3. The predicted octanol–water partition coefficient (Wildman–Crippen LogP) is 3.60. The first-order valence-electron chi connectivity index (χ1n) is 11.8. The summed E-state index contributed by atoms with van der Waals surface area (Å²) in [7, 11) is 1.69. The van der Waals surface area contributed by atoms with Gasteiger partial charge in [-0.25, -0.2) is 0 Å². The maximum Gasteiger partial charge on any atom is 0.253 e. The lowest BCUT2D eigenvalue weighted by Gasteiger charge is -2.36. The Hall–Kier alpha value is -3.58. The summed E-state index contributed by atoms with van der Waals surface area (Å²) in [6.07, 6.45) is 2.15. The number of methoxy groups -OCH3 is 1. The van der Waals surface area contributed by atoms with E-state index in [1.165, 1.54) is 0 Å². The van der Waals surface area contributed by atoms with Crippen LogP contribution in [0.3, 0.4) is 0 Å². The second-order valence-corrected chi connectivity index (χ2v) is 9.23. The molecule has 7 nitrogen and oxygen atoms in total. The lowest BCUT2D eigenvalue weighted by Crippen LogP contribution is -2.51. The highest BCUT2D eigenvalue weighted by atomic mass is 16.5. The first kappa shape index (κ1) is 21.0. The average molecular weight is 458 g/mol. The van der Waals surface area contributed by atoms with E-state index in [1.54, 1.807) is 7.11 Å².